The summed E-state index contributed by atoms with van der Waals surface area (Å²) in [6, 6.07) is -0.558. The number of rotatable bonds is 7. The van der Waals surface area contributed by atoms with Gasteiger partial charge in [-0.05, 0) is 31.8 Å². The van der Waals surface area contributed by atoms with E-state index in [2.05, 4.69) is 17.1 Å². The van der Waals surface area contributed by atoms with Crippen LogP contribution < -0.4 is 11.1 Å². The minimum absolute atomic E-state index is 0.123. The van der Waals surface area contributed by atoms with E-state index in [0.29, 0.717) is 12.5 Å². The zero-order chi connectivity index (χ0) is 13.4. The Hall–Kier alpha value is -0.650. The summed E-state index contributed by atoms with van der Waals surface area (Å²) in [6.45, 7) is 6.57. The maximum Gasteiger partial charge on any atom is 0.239 e. The fourth-order valence-electron chi connectivity index (χ4n) is 2.31. The van der Waals surface area contributed by atoms with Gasteiger partial charge in [0.05, 0.1) is 6.61 Å². The molecule has 1 heterocycles. The van der Waals surface area contributed by atoms with E-state index in [-0.39, 0.29) is 12.5 Å². The Morgan fingerprint density at radius 2 is 2.06 bits per heavy atom. The topological polar surface area (TPSA) is 67.6 Å². The molecule has 1 fully saturated rings. The molecular weight excluding hydrogens is 230 g/mol. The van der Waals surface area contributed by atoms with Crippen molar-refractivity contribution < 1.29 is 9.53 Å². The first-order valence-electron chi connectivity index (χ1n) is 6.88. The molecule has 0 aromatic carbocycles. The normalized spacial score (nSPS) is 20.4. The third-order valence-electron chi connectivity index (χ3n) is 3.33. The molecule has 1 aliphatic heterocycles. The Labute approximate surface area is 110 Å². The molecule has 1 amide bonds. The quantitative estimate of drug-likeness (QED) is 0.683. The summed E-state index contributed by atoms with van der Waals surface area (Å²) in [5, 5.41) is 2.89. The van der Waals surface area contributed by atoms with Crippen LogP contribution in [0.4, 0.5) is 0 Å². The highest BCUT2D eigenvalue weighted by molar-refractivity contribution is 5.81. The Balaban J connectivity index is 2.15. The van der Waals surface area contributed by atoms with Crippen LogP contribution in [-0.4, -0.2) is 56.7 Å². The van der Waals surface area contributed by atoms with Crippen LogP contribution in [0.15, 0.2) is 0 Å². The highest BCUT2D eigenvalue weighted by atomic mass is 16.5. The van der Waals surface area contributed by atoms with Crippen molar-refractivity contribution in [3.05, 3.63) is 0 Å². The molecule has 18 heavy (non-hydrogen) atoms. The number of likely N-dealkylation sites (tertiary alicyclic amines) is 1. The van der Waals surface area contributed by atoms with Gasteiger partial charge in [0.2, 0.25) is 5.91 Å². The molecular formula is C13H27N3O2. The van der Waals surface area contributed by atoms with Crippen molar-refractivity contribution in [2.45, 2.75) is 32.2 Å². The highest BCUT2D eigenvalue weighted by Gasteiger charge is 2.16. The van der Waals surface area contributed by atoms with Crippen LogP contribution >= 0.6 is 0 Å². The standard InChI is InChI=1S/C13H27N3O2/c1-11(9-16-6-4-3-5-7-16)8-15-13(17)12(14)10-18-2/h11-12H,3-10,14H2,1-2H3,(H,15,17). The second-order valence-corrected chi connectivity index (χ2v) is 5.27. The van der Waals surface area contributed by atoms with Crippen molar-refractivity contribution in [3.8, 4) is 0 Å². The number of amides is 1. The average molecular weight is 257 g/mol. The zero-order valence-corrected chi connectivity index (χ0v) is 11.7. The minimum Gasteiger partial charge on any atom is -0.383 e. The second kappa shape index (κ2) is 8.45. The molecule has 106 valence electrons. The van der Waals surface area contributed by atoms with Gasteiger partial charge in [-0.25, -0.2) is 0 Å². The largest absolute Gasteiger partial charge is 0.383 e. The van der Waals surface area contributed by atoms with Crippen molar-refractivity contribution in [2.24, 2.45) is 11.7 Å². The summed E-state index contributed by atoms with van der Waals surface area (Å²) in [7, 11) is 1.55. The summed E-state index contributed by atoms with van der Waals surface area (Å²) in [4.78, 5) is 14.1. The first-order chi connectivity index (χ1) is 8.63. The molecule has 5 nitrogen and oxygen atoms in total. The number of piperidine rings is 1. The van der Waals surface area contributed by atoms with E-state index in [1.165, 1.54) is 32.4 Å². The van der Waals surface area contributed by atoms with Gasteiger partial charge in [0.1, 0.15) is 6.04 Å². The van der Waals surface area contributed by atoms with Gasteiger partial charge in [-0.2, -0.15) is 0 Å². The fourth-order valence-corrected chi connectivity index (χ4v) is 2.31. The van der Waals surface area contributed by atoms with Crippen LogP contribution in [-0.2, 0) is 9.53 Å². The number of ether oxygens (including phenoxy) is 1. The SMILES string of the molecule is COCC(N)C(=O)NCC(C)CN1CCCCC1. The number of carbonyl (C=O) groups is 1. The monoisotopic (exact) mass is 257 g/mol. The molecule has 0 aromatic heterocycles. The number of hydrogen-bond donors (Lipinski definition) is 2. The molecule has 0 spiro atoms. The lowest BCUT2D eigenvalue weighted by atomic mass is 10.1. The Morgan fingerprint density at radius 3 is 2.67 bits per heavy atom. The van der Waals surface area contributed by atoms with Crippen LogP contribution in [0.2, 0.25) is 0 Å². The van der Waals surface area contributed by atoms with E-state index in [9.17, 15) is 4.79 Å². The first kappa shape index (κ1) is 15.4. The van der Waals surface area contributed by atoms with Crippen molar-refractivity contribution in [3.63, 3.8) is 0 Å². The number of methoxy groups -OCH3 is 1. The van der Waals surface area contributed by atoms with Gasteiger partial charge in [-0.15, -0.1) is 0 Å². The predicted octanol–water partition coefficient (Wildman–Crippen LogP) is 0.198. The molecule has 2 unspecified atom stereocenters. The molecule has 0 radical (unpaired) electrons. The number of nitrogens with one attached hydrogen (secondary N) is 1. The Bertz CT molecular complexity index is 242. The van der Waals surface area contributed by atoms with Crippen molar-refractivity contribution in [1.82, 2.24) is 10.2 Å². The fraction of sp³-hybridized carbons (Fsp3) is 0.923. The summed E-state index contributed by atoms with van der Waals surface area (Å²) < 4.78 is 4.86. The van der Waals surface area contributed by atoms with Gasteiger partial charge in [0.15, 0.2) is 0 Å². The minimum atomic E-state index is -0.558. The number of carbonyl (C=O) groups excluding carboxylic acids is 1. The molecule has 1 saturated heterocycles. The summed E-state index contributed by atoms with van der Waals surface area (Å²) >= 11 is 0. The van der Waals surface area contributed by atoms with E-state index >= 15 is 0 Å². The Morgan fingerprint density at radius 1 is 1.39 bits per heavy atom. The molecule has 0 bridgehead atoms. The van der Waals surface area contributed by atoms with Crippen LogP contribution in [0.25, 0.3) is 0 Å². The van der Waals surface area contributed by atoms with Gasteiger partial charge in [0.25, 0.3) is 0 Å². The molecule has 0 saturated carbocycles. The molecule has 1 aliphatic rings. The van der Waals surface area contributed by atoms with Gasteiger partial charge in [0, 0.05) is 20.2 Å². The van der Waals surface area contributed by atoms with Crippen LogP contribution in [0, 0.1) is 5.92 Å². The molecule has 2 atom stereocenters. The number of nitrogens with zero attached hydrogens (tertiary/aromatic N) is 1. The second-order valence-electron chi connectivity index (χ2n) is 5.27. The summed E-state index contributed by atoms with van der Waals surface area (Å²) in [6.07, 6.45) is 3.96. The van der Waals surface area contributed by atoms with Crippen LogP contribution in [0.5, 0.6) is 0 Å². The van der Waals surface area contributed by atoms with Crippen molar-refractivity contribution >= 4 is 5.91 Å². The molecule has 0 aliphatic carbocycles. The van der Waals surface area contributed by atoms with Gasteiger partial charge in [-0.3, -0.25) is 4.79 Å². The first-order valence-corrected chi connectivity index (χ1v) is 6.88. The molecule has 5 heteroatoms. The van der Waals surface area contributed by atoms with Crippen molar-refractivity contribution in [2.75, 3.05) is 39.9 Å². The third-order valence-corrected chi connectivity index (χ3v) is 3.33. The van der Waals surface area contributed by atoms with Crippen molar-refractivity contribution in [1.29, 1.82) is 0 Å². The van der Waals surface area contributed by atoms with E-state index in [1.807, 2.05) is 0 Å². The van der Waals surface area contributed by atoms with E-state index in [0.717, 1.165) is 6.54 Å². The number of hydrogen-bond acceptors (Lipinski definition) is 4. The van der Waals surface area contributed by atoms with Gasteiger partial charge < -0.3 is 20.7 Å². The lowest BCUT2D eigenvalue weighted by Crippen LogP contribution is -2.46. The summed E-state index contributed by atoms with van der Waals surface area (Å²) in [5.74, 6) is 0.337. The maximum absolute atomic E-state index is 11.6. The van der Waals surface area contributed by atoms with E-state index < -0.39 is 6.04 Å². The average Bonchev–Trinajstić information content (AvgIpc) is 2.37. The maximum atomic E-state index is 11.6. The molecule has 3 N–H and O–H groups in total. The van der Waals surface area contributed by atoms with Crippen LogP contribution in [0.3, 0.4) is 0 Å². The lowest BCUT2D eigenvalue weighted by molar-refractivity contribution is -0.123. The smallest absolute Gasteiger partial charge is 0.239 e. The lowest BCUT2D eigenvalue weighted by Gasteiger charge is -2.29. The van der Waals surface area contributed by atoms with E-state index in [1.54, 1.807) is 7.11 Å². The molecule has 1 rings (SSSR count). The van der Waals surface area contributed by atoms with E-state index in [4.69, 9.17) is 10.5 Å². The predicted molar refractivity (Wildman–Crippen MR) is 72.3 cm³/mol. The Kier molecular flexibility index (Phi) is 7.23. The van der Waals surface area contributed by atoms with Crippen LogP contribution in [0.1, 0.15) is 26.2 Å². The van der Waals surface area contributed by atoms with Gasteiger partial charge in [-0.1, -0.05) is 13.3 Å². The zero-order valence-electron chi connectivity index (χ0n) is 11.7. The number of nitrogens with two attached hydrogens (primary N) is 1. The molecule has 0 aromatic rings. The van der Waals surface area contributed by atoms with Gasteiger partial charge >= 0.3 is 0 Å². The summed E-state index contributed by atoms with van der Waals surface area (Å²) in [5.41, 5.74) is 5.65. The highest BCUT2D eigenvalue weighted by Crippen LogP contribution is 2.10. The third kappa shape index (κ3) is 5.80.